The molecule has 5 rings (SSSR count). The Morgan fingerprint density at radius 3 is 1.79 bits per heavy atom. The minimum Gasteiger partial charge on any atom is -0.473 e. The summed E-state index contributed by atoms with van der Waals surface area (Å²) in [5, 5.41) is 7.28. The summed E-state index contributed by atoms with van der Waals surface area (Å²) < 4.78 is 47.2. The highest BCUT2D eigenvalue weighted by molar-refractivity contribution is 6.74. The van der Waals surface area contributed by atoms with Crippen LogP contribution in [0.4, 0.5) is 10.6 Å². The molecule has 4 heterocycles. The number of nitrogens with one attached hydrogen (secondary N) is 1. The van der Waals surface area contributed by atoms with Gasteiger partial charge in [0.25, 0.3) is 0 Å². The standard InChI is InChI=1S/C47H72N4O8Si3/c1-11-39-42(57-60(12-2,13-3)14-4)43(58-61(15-5,16-6)17-7)44(59-62(18-8,19-9)20-10)46(54-39)55-47(52)50-45-38(24-23-31-49-45)40-33-37(51-56-40)32-35-26-28-36(29-27-35)34-53-41-25-21-22-30-48-41/h21-31,33,39,42-44,46H,11-20,32,34H2,1-10H3,(H,49,50,52). The number of hydrogen-bond acceptors (Lipinski definition) is 11. The van der Waals surface area contributed by atoms with E-state index in [0.717, 1.165) is 71.2 Å². The molecule has 1 saturated heterocycles. The number of aromatic nitrogens is 3. The quantitative estimate of drug-likeness (QED) is 0.0673. The van der Waals surface area contributed by atoms with E-state index >= 15 is 0 Å². The van der Waals surface area contributed by atoms with Gasteiger partial charge in [-0.15, -0.1) is 0 Å². The Labute approximate surface area is 373 Å². The molecule has 1 fully saturated rings. The molecule has 0 spiro atoms. The molecule has 0 aliphatic carbocycles. The van der Waals surface area contributed by atoms with Crippen LogP contribution in [0, 0.1) is 0 Å². The normalized spacial score (nSPS) is 19.6. The van der Waals surface area contributed by atoms with Gasteiger partial charge in [0.1, 0.15) is 24.6 Å². The highest BCUT2D eigenvalue weighted by Crippen LogP contribution is 2.40. The van der Waals surface area contributed by atoms with Gasteiger partial charge in [-0.1, -0.05) is 105 Å². The fourth-order valence-electron chi connectivity index (χ4n) is 8.58. The van der Waals surface area contributed by atoms with Crippen LogP contribution in [-0.2, 0) is 35.8 Å². The van der Waals surface area contributed by atoms with Crippen LogP contribution in [0.3, 0.4) is 0 Å². The van der Waals surface area contributed by atoms with Crippen molar-refractivity contribution < 1.29 is 36.8 Å². The van der Waals surface area contributed by atoms with Crippen LogP contribution < -0.4 is 10.1 Å². The zero-order valence-corrected chi connectivity index (χ0v) is 41.9. The van der Waals surface area contributed by atoms with Gasteiger partial charge in [0.15, 0.2) is 30.7 Å². The lowest BCUT2D eigenvalue weighted by atomic mass is 9.97. The van der Waals surface area contributed by atoms with Crippen molar-refractivity contribution in [1.82, 2.24) is 15.1 Å². The summed E-state index contributed by atoms with van der Waals surface area (Å²) in [6, 6.07) is 27.9. The van der Waals surface area contributed by atoms with Crippen LogP contribution in [0.25, 0.3) is 11.3 Å². The van der Waals surface area contributed by atoms with E-state index in [9.17, 15) is 4.79 Å². The van der Waals surface area contributed by atoms with Crippen LogP contribution in [0.1, 0.15) is 92.5 Å². The Kier molecular flexibility index (Phi) is 18.5. The van der Waals surface area contributed by atoms with Crippen molar-refractivity contribution >= 4 is 36.9 Å². The third-order valence-corrected chi connectivity index (χ3v) is 27.4. The molecule has 5 atom stereocenters. The highest BCUT2D eigenvalue weighted by Gasteiger charge is 2.55. The Balaban J connectivity index is 1.39. The monoisotopic (exact) mass is 904 g/mol. The number of rotatable bonds is 24. The maximum atomic E-state index is 14.2. The SMILES string of the molecule is CCC1OC(OC(=O)Nc2ncccc2-c2cc(Cc3ccc(COc4ccccn4)cc3)no2)C(O[Si](CC)(CC)CC)C(O[Si](CC)(CC)CC)C1O[Si](CC)(CC)CC. The number of benzene rings is 1. The Morgan fingerprint density at radius 1 is 0.661 bits per heavy atom. The fraction of sp³-hybridized carbons (Fsp3) is 0.574. The molecule has 15 heteroatoms. The number of carbonyl (C=O) groups excluding carboxylic acids is 1. The van der Waals surface area contributed by atoms with Gasteiger partial charge in [-0.2, -0.15) is 0 Å². The summed E-state index contributed by atoms with van der Waals surface area (Å²) in [5.74, 6) is 1.34. The second-order valence-corrected chi connectivity index (χ2v) is 30.7. The molecular weight excluding hydrogens is 833 g/mol. The largest absolute Gasteiger partial charge is 0.473 e. The van der Waals surface area contributed by atoms with Crippen molar-refractivity contribution in [3.05, 3.63) is 89.9 Å². The molecule has 1 aromatic carbocycles. The number of carbonyl (C=O) groups is 1. The summed E-state index contributed by atoms with van der Waals surface area (Å²) >= 11 is 0. The lowest BCUT2D eigenvalue weighted by Crippen LogP contribution is -2.67. The molecule has 3 aromatic heterocycles. The first-order chi connectivity index (χ1) is 30.0. The van der Waals surface area contributed by atoms with Crippen molar-refractivity contribution in [2.45, 2.75) is 174 Å². The third kappa shape index (κ3) is 12.1. The minimum absolute atomic E-state index is 0.283. The Morgan fingerprint density at radius 2 is 1.23 bits per heavy atom. The number of pyridine rings is 2. The van der Waals surface area contributed by atoms with Gasteiger partial charge in [0, 0.05) is 30.9 Å². The Hall–Kier alpha value is -3.71. The van der Waals surface area contributed by atoms with Gasteiger partial charge in [0.05, 0.1) is 23.5 Å². The average Bonchev–Trinajstić information content (AvgIpc) is 3.78. The summed E-state index contributed by atoms with van der Waals surface area (Å²) in [6.07, 6.45) is 0.982. The van der Waals surface area contributed by atoms with E-state index in [1.165, 1.54) is 0 Å². The summed E-state index contributed by atoms with van der Waals surface area (Å²) in [6.45, 7) is 22.7. The molecule has 0 bridgehead atoms. The summed E-state index contributed by atoms with van der Waals surface area (Å²) in [7, 11) is -6.68. The highest BCUT2D eigenvalue weighted by atomic mass is 28.4. The van der Waals surface area contributed by atoms with Gasteiger partial charge in [-0.25, -0.2) is 14.8 Å². The van der Waals surface area contributed by atoms with Crippen LogP contribution in [0.15, 0.2) is 77.6 Å². The van der Waals surface area contributed by atoms with Crippen molar-refractivity contribution in [2.75, 3.05) is 5.32 Å². The molecule has 62 heavy (non-hydrogen) atoms. The van der Waals surface area contributed by atoms with Gasteiger partial charge in [0.2, 0.25) is 12.2 Å². The van der Waals surface area contributed by atoms with Crippen LogP contribution in [0.5, 0.6) is 5.88 Å². The van der Waals surface area contributed by atoms with E-state index in [4.69, 9.17) is 32.0 Å². The van der Waals surface area contributed by atoms with Gasteiger partial charge in [-0.05, 0) is 90.1 Å². The van der Waals surface area contributed by atoms with Crippen molar-refractivity contribution in [2.24, 2.45) is 0 Å². The smallest absolute Gasteiger partial charge is 0.415 e. The number of amides is 1. The molecule has 0 saturated carbocycles. The first-order valence-corrected chi connectivity index (χ1v) is 30.8. The lowest BCUT2D eigenvalue weighted by Gasteiger charge is -2.52. The first kappa shape index (κ1) is 49.3. The van der Waals surface area contributed by atoms with E-state index in [1.54, 1.807) is 18.5 Å². The molecule has 1 N–H and O–H groups in total. The molecule has 0 radical (unpaired) electrons. The topological polar surface area (TPSA) is 136 Å². The van der Waals surface area contributed by atoms with E-state index < -0.39 is 49.5 Å². The van der Waals surface area contributed by atoms with Crippen molar-refractivity contribution in [3.8, 4) is 17.2 Å². The third-order valence-electron chi connectivity index (χ3n) is 13.5. The zero-order valence-electron chi connectivity index (χ0n) is 38.9. The van der Waals surface area contributed by atoms with Gasteiger partial charge < -0.3 is 32.0 Å². The van der Waals surface area contributed by atoms with Crippen LogP contribution in [0.2, 0.25) is 54.4 Å². The molecule has 1 aliphatic heterocycles. The molecule has 1 aliphatic rings. The van der Waals surface area contributed by atoms with E-state index in [0.29, 0.717) is 36.7 Å². The lowest BCUT2D eigenvalue weighted by molar-refractivity contribution is -0.269. The second-order valence-electron chi connectivity index (χ2n) is 16.5. The molecule has 5 unspecified atom stereocenters. The number of hydrogen-bond donors (Lipinski definition) is 1. The van der Waals surface area contributed by atoms with Crippen LogP contribution >= 0.6 is 0 Å². The van der Waals surface area contributed by atoms with Crippen molar-refractivity contribution in [1.29, 1.82) is 0 Å². The molecule has 340 valence electrons. The molecular formula is C47H72N4O8Si3. The number of ether oxygens (including phenoxy) is 3. The average molecular weight is 905 g/mol. The van der Waals surface area contributed by atoms with Crippen LogP contribution in [-0.4, -0.2) is 76.9 Å². The predicted octanol–water partition coefficient (Wildman–Crippen LogP) is 12.2. The maximum Gasteiger partial charge on any atom is 0.415 e. The minimum atomic E-state index is -2.30. The Bertz CT molecular complexity index is 1920. The predicted molar refractivity (Wildman–Crippen MR) is 253 cm³/mol. The molecule has 12 nitrogen and oxygen atoms in total. The van der Waals surface area contributed by atoms with Crippen molar-refractivity contribution in [3.63, 3.8) is 0 Å². The zero-order chi connectivity index (χ0) is 44.8. The van der Waals surface area contributed by atoms with E-state index in [-0.39, 0.29) is 18.0 Å². The molecule has 4 aromatic rings. The maximum absolute atomic E-state index is 14.2. The summed E-state index contributed by atoms with van der Waals surface area (Å²) in [5.41, 5.74) is 3.41. The van der Waals surface area contributed by atoms with Gasteiger partial charge >= 0.3 is 6.09 Å². The second kappa shape index (κ2) is 23.3. The molecule has 1 amide bonds. The summed E-state index contributed by atoms with van der Waals surface area (Å²) in [4.78, 5) is 22.9. The van der Waals surface area contributed by atoms with E-state index in [1.807, 2.05) is 42.5 Å². The fourth-order valence-corrected chi connectivity index (χ4v) is 17.1. The first-order valence-electron chi connectivity index (χ1n) is 23.2. The number of nitrogens with zero attached hydrogens (tertiary/aromatic N) is 3. The number of anilines is 1. The van der Waals surface area contributed by atoms with Gasteiger partial charge in [-0.3, -0.25) is 5.32 Å². The van der Waals surface area contributed by atoms with E-state index in [2.05, 4.69) is 102 Å².